The molecule has 0 saturated heterocycles. The Morgan fingerprint density at radius 3 is 2.64 bits per heavy atom. The number of halogens is 1. The van der Waals surface area contributed by atoms with Crippen LogP contribution in [0.5, 0.6) is 0 Å². The minimum atomic E-state index is -3.89. The first-order chi connectivity index (χ1) is 6.45. The lowest BCUT2D eigenvalue weighted by Gasteiger charge is -2.01. The van der Waals surface area contributed by atoms with Crippen molar-refractivity contribution in [2.24, 2.45) is 10.3 Å². The van der Waals surface area contributed by atoms with Crippen molar-refractivity contribution in [3.05, 3.63) is 33.7 Å². The van der Waals surface area contributed by atoms with Crippen molar-refractivity contribution >= 4 is 27.3 Å². The Morgan fingerprint density at radius 2 is 2.14 bits per heavy atom. The Balaban J connectivity index is 3.43. The van der Waals surface area contributed by atoms with Crippen molar-refractivity contribution in [2.75, 3.05) is 0 Å². The summed E-state index contributed by atoms with van der Waals surface area (Å²) in [6, 6.07) is 3.79. The lowest BCUT2D eigenvalue weighted by atomic mass is 10.3. The smallest absolute Gasteiger partial charge is 0.225 e. The van der Waals surface area contributed by atoms with E-state index in [1.165, 1.54) is 12.1 Å². The van der Waals surface area contributed by atoms with E-state index in [-0.39, 0.29) is 15.6 Å². The van der Waals surface area contributed by atoms with Crippen LogP contribution in [-0.2, 0) is 10.0 Å². The van der Waals surface area contributed by atoms with Crippen LogP contribution < -0.4 is 5.14 Å². The molecular weight excluding hydrogens is 228 g/mol. The number of hydrogen-bond donors (Lipinski definition) is 1. The molecule has 0 atom stereocenters. The Kier molecular flexibility index (Phi) is 2.97. The summed E-state index contributed by atoms with van der Waals surface area (Å²) in [6.45, 7) is 0. The highest BCUT2D eigenvalue weighted by atomic mass is 35.5. The number of nitrogens with two attached hydrogens (primary N) is 1. The minimum Gasteiger partial charge on any atom is -0.225 e. The van der Waals surface area contributed by atoms with Gasteiger partial charge >= 0.3 is 0 Å². The minimum absolute atomic E-state index is 0.00982. The number of sulfonamides is 1. The number of primary sulfonamides is 1. The molecule has 0 spiro atoms. The molecule has 0 amide bonds. The van der Waals surface area contributed by atoms with Crippen LogP contribution in [0.25, 0.3) is 10.4 Å². The summed E-state index contributed by atoms with van der Waals surface area (Å²) in [7, 11) is -3.89. The number of nitrogens with zero attached hydrogens (tertiary/aromatic N) is 3. The molecular formula is C6H5ClN4O2S. The monoisotopic (exact) mass is 232 g/mol. The first-order valence-electron chi connectivity index (χ1n) is 3.32. The van der Waals surface area contributed by atoms with Crippen LogP contribution in [0.2, 0.25) is 5.02 Å². The van der Waals surface area contributed by atoms with Crippen LogP contribution in [0.15, 0.2) is 28.2 Å². The third-order valence-corrected chi connectivity index (χ3v) is 2.77. The maximum Gasteiger partial charge on any atom is 0.239 e. The zero-order chi connectivity index (χ0) is 10.8. The van der Waals surface area contributed by atoms with Crippen LogP contribution in [0.4, 0.5) is 5.69 Å². The van der Waals surface area contributed by atoms with Gasteiger partial charge in [-0.1, -0.05) is 22.8 Å². The number of azide groups is 1. The van der Waals surface area contributed by atoms with E-state index in [1.807, 2.05) is 0 Å². The SMILES string of the molecule is [N-]=[N+]=Nc1ccc(Cl)c(S(N)(=O)=O)c1. The van der Waals surface area contributed by atoms with Crippen molar-refractivity contribution in [3.8, 4) is 0 Å². The maximum absolute atomic E-state index is 11.0. The molecule has 0 aliphatic carbocycles. The number of hydrogen-bond acceptors (Lipinski definition) is 3. The molecule has 0 bridgehead atoms. The molecule has 0 aliphatic rings. The average molecular weight is 233 g/mol. The van der Waals surface area contributed by atoms with Crippen LogP contribution in [0.1, 0.15) is 0 Å². The van der Waals surface area contributed by atoms with Gasteiger partial charge in [-0.2, -0.15) is 0 Å². The first kappa shape index (κ1) is 10.8. The van der Waals surface area contributed by atoms with Gasteiger partial charge < -0.3 is 0 Å². The Hall–Kier alpha value is -1.27. The molecule has 1 aromatic carbocycles. The summed E-state index contributed by atoms with van der Waals surface area (Å²) in [4.78, 5) is 2.24. The van der Waals surface area contributed by atoms with Gasteiger partial charge in [0.25, 0.3) is 0 Å². The van der Waals surface area contributed by atoms with Gasteiger partial charge in [0.15, 0.2) is 0 Å². The topological polar surface area (TPSA) is 109 Å². The second-order valence-electron chi connectivity index (χ2n) is 2.35. The highest BCUT2D eigenvalue weighted by molar-refractivity contribution is 7.89. The summed E-state index contributed by atoms with van der Waals surface area (Å²) < 4.78 is 21.9. The molecule has 0 fully saturated rings. The van der Waals surface area contributed by atoms with Crippen molar-refractivity contribution in [2.45, 2.75) is 4.90 Å². The van der Waals surface area contributed by atoms with E-state index in [9.17, 15) is 8.42 Å². The molecule has 1 aromatic rings. The van der Waals surface area contributed by atoms with E-state index in [4.69, 9.17) is 22.3 Å². The third kappa shape index (κ3) is 2.36. The second kappa shape index (κ2) is 3.85. The summed E-state index contributed by atoms with van der Waals surface area (Å²) in [5.74, 6) is 0. The van der Waals surface area contributed by atoms with Crippen LogP contribution in [-0.4, -0.2) is 8.42 Å². The summed E-state index contributed by atoms with van der Waals surface area (Å²) >= 11 is 5.59. The number of rotatable bonds is 2. The van der Waals surface area contributed by atoms with E-state index in [2.05, 4.69) is 10.0 Å². The second-order valence-corrected chi connectivity index (χ2v) is 4.29. The molecule has 2 N–H and O–H groups in total. The predicted molar refractivity (Wildman–Crippen MR) is 51.6 cm³/mol. The van der Waals surface area contributed by atoms with Gasteiger partial charge in [0.2, 0.25) is 10.0 Å². The maximum atomic E-state index is 11.0. The third-order valence-electron chi connectivity index (χ3n) is 1.38. The molecule has 1 rings (SSSR count). The van der Waals surface area contributed by atoms with Gasteiger partial charge in [0.1, 0.15) is 4.90 Å². The van der Waals surface area contributed by atoms with Gasteiger partial charge in [-0.3, -0.25) is 0 Å². The van der Waals surface area contributed by atoms with E-state index in [1.54, 1.807) is 0 Å². The molecule has 14 heavy (non-hydrogen) atoms. The average Bonchev–Trinajstić information content (AvgIpc) is 2.07. The zero-order valence-electron chi connectivity index (χ0n) is 6.75. The Bertz CT molecular complexity index is 507. The molecule has 8 heteroatoms. The Labute approximate surface area is 85.0 Å². The molecule has 0 aromatic heterocycles. The summed E-state index contributed by atoms with van der Waals surface area (Å²) in [5.41, 5.74) is 8.27. The van der Waals surface area contributed by atoms with Crippen LogP contribution >= 0.6 is 11.6 Å². The molecule has 0 unspecified atom stereocenters. The van der Waals surface area contributed by atoms with Crippen molar-refractivity contribution in [3.63, 3.8) is 0 Å². The van der Waals surface area contributed by atoms with Crippen molar-refractivity contribution in [1.29, 1.82) is 0 Å². The fourth-order valence-electron chi connectivity index (χ4n) is 0.824. The molecule has 0 heterocycles. The van der Waals surface area contributed by atoms with E-state index >= 15 is 0 Å². The van der Waals surface area contributed by atoms with Crippen molar-refractivity contribution < 1.29 is 8.42 Å². The zero-order valence-corrected chi connectivity index (χ0v) is 8.33. The fraction of sp³-hybridized carbons (Fsp3) is 0. The largest absolute Gasteiger partial charge is 0.239 e. The van der Waals surface area contributed by atoms with Gasteiger partial charge in [-0.05, 0) is 17.7 Å². The normalized spacial score (nSPS) is 10.7. The standard InChI is InChI=1S/C6H5ClN4O2S/c7-5-2-1-4(10-11-8)3-6(5)14(9,12)13/h1-3H,(H2,9,12,13). The quantitative estimate of drug-likeness (QED) is 0.477. The molecule has 0 radical (unpaired) electrons. The predicted octanol–water partition coefficient (Wildman–Crippen LogP) is 1.93. The van der Waals surface area contributed by atoms with Crippen molar-refractivity contribution in [1.82, 2.24) is 0 Å². The van der Waals surface area contributed by atoms with E-state index < -0.39 is 10.0 Å². The lowest BCUT2D eigenvalue weighted by molar-refractivity contribution is 0.598. The van der Waals surface area contributed by atoms with Gasteiger partial charge in [0.05, 0.1) is 5.02 Å². The molecule has 74 valence electrons. The molecule has 0 saturated carbocycles. The number of benzene rings is 1. The summed E-state index contributed by atoms with van der Waals surface area (Å²) in [5, 5.41) is 8.09. The van der Waals surface area contributed by atoms with E-state index in [0.717, 1.165) is 6.07 Å². The molecule has 6 nitrogen and oxygen atoms in total. The van der Waals surface area contributed by atoms with Crippen LogP contribution in [0.3, 0.4) is 0 Å². The first-order valence-corrected chi connectivity index (χ1v) is 5.25. The van der Waals surface area contributed by atoms with Gasteiger partial charge in [0, 0.05) is 10.6 Å². The highest BCUT2D eigenvalue weighted by Gasteiger charge is 2.12. The van der Waals surface area contributed by atoms with Gasteiger partial charge in [-0.15, -0.1) is 0 Å². The van der Waals surface area contributed by atoms with Crippen LogP contribution in [0, 0.1) is 0 Å². The van der Waals surface area contributed by atoms with Gasteiger partial charge in [-0.25, -0.2) is 13.6 Å². The fourth-order valence-corrected chi connectivity index (χ4v) is 1.89. The molecule has 0 aliphatic heterocycles. The van der Waals surface area contributed by atoms with E-state index in [0.29, 0.717) is 0 Å². The summed E-state index contributed by atoms with van der Waals surface area (Å²) in [6.07, 6.45) is 0. The Morgan fingerprint density at radius 1 is 1.50 bits per heavy atom. The lowest BCUT2D eigenvalue weighted by Crippen LogP contribution is -2.12. The highest BCUT2D eigenvalue weighted by Crippen LogP contribution is 2.25.